The van der Waals surface area contributed by atoms with Gasteiger partial charge in [0.2, 0.25) is 15.9 Å². The maximum atomic E-state index is 12.4. The smallest absolute Gasteiger partial charge is 0.243 e. The first-order valence-corrected chi connectivity index (χ1v) is 9.82. The van der Waals surface area contributed by atoms with Crippen molar-refractivity contribution < 1.29 is 13.2 Å². The minimum Gasteiger partial charge on any atom is -0.343 e. The lowest BCUT2D eigenvalue weighted by molar-refractivity contribution is -0.131. The first-order valence-electron chi connectivity index (χ1n) is 8.34. The van der Waals surface area contributed by atoms with Crippen molar-refractivity contribution in [3.05, 3.63) is 65.2 Å². The molecule has 0 aliphatic rings. The molecule has 1 amide bonds. The SMILES string of the molecule is Cc1ccc(C(N)C(=O)N(C)CCNS(=O)(=O)c2ccc(C)cc2)cc1.Cl. The number of sulfonamides is 1. The van der Waals surface area contributed by atoms with Gasteiger partial charge in [-0.15, -0.1) is 12.4 Å². The highest BCUT2D eigenvalue weighted by atomic mass is 35.5. The second-order valence-electron chi connectivity index (χ2n) is 6.36. The Labute approximate surface area is 167 Å². The van der Waals surface area contributed by atoms with E-state index in [0.29, 0.717) is 0 Å². The Balaban J connectivity index is 0.00000364. The number of halogens is 1. The summed E-state index contributed by atoms with van der Waals surface area (Å²) in [5.74, 6) is -0.261. The van der Waals surface area contributed by atoms with Crippen molar-refractivity contribution in [2.45, 2.75) is 24.8 Å². The number of nitrogens with two attached hydrogens (primary N) is 1. The highest BCUT2D eigenvalue weighted by molar-refractivity contribution is 7.89. The third kappa shape index (κ3) is 6.32. The van der Waals surface area contributed by atoms with Crippen LogP contribution in [0.15, 0.2) is 53.4 Å². The van der Waals surface area contributed by atoms with E-state index in [1.165, 1.54) is 4.90 Å². The van der Waals surface area contributed by atoms with Crippen LogP contribution in [0, 0.1) is 13.8 Å². The van der Waals surface area contributed by atoms with E-state index in [9.17, 15) is 13.2 Å². The summed E-state index contributed by atoms with van der Waals surface area (Å²) in [7, 11) is -1.99. The van der Waals surface area contributed by atoms with E-state index in [0.717, 1.165) is 16.7 Å². The number of nitrogens with one attached hydrogen (secondary N) is 1. The standard InChI is InChI=1S/C19H25N3O3S.ClH/c1-14-4-8-16(9-5-14)18(20)19(23)22(3)13-12-21-26(24,25)17-10-6-15(2)7-11-17;/h4-11,18,21H,12-13,20H2,1-3H3;1H. The molecule has 0 bridgehead atoms. The van der Waals surface area contributed by atoms with Crippen LogP contribution in [-0.4, -0.2) is 39.4 Å². The maximum Gasteiger partial charge on any atom is 0.243 e. The van der Waals surface area contributed by atoms with Gasteiger partial charge in [-0.2, -0.15) is 0 Å². The number of likely N-dealkylation sites (N-methyl/N-ethyl adjacent to an activating group) is 1. The fourth-order valence-corrected chi connectivity index (χ4v) is 3.43. The predicted molar refractivity (Wildman–Crippen MR) is 109 cm³/mol. The van der Waals surface area contributed by atoms with Gasteiger partial charge in [0, 0.05) is 20.1 Å². The lowest BCUT2D eigenvalue weighted by atomic mass is 10.1. The molecule has 0 radical (unpaired) electrons. The fraction of sp³-hybridized carbons (Fsp3) is 0.316. The highest BCUT2D eigenvalue weighted by Crippen LogP contribution is 2.14. The topological polar surface area (TPSA) is 92.5 Å². The second kappa shape index (κ2) is 9.85. The minimum absolute atomic E-state index is 0. The molecular formula is C19H26ClN3O3S. The zero-order chi connectivity index (χ0) is 19.3. The van der Waals surface area contributed by atoms with Gasteiger partial charge in [-0.1, -0.05) is 47.5 Å². The average Bonchev–Trinajstić information content (AvgIpc) is 2.61. The molecule has 0 saturated carbocycles. The maximum absolute atomic E-state index is 12.4. The van der Waals surface area contributed by atoms with Gasteiger partial charge in [0.1, 0.15) is 6.04 Å². The lowest BCUT2D eigenvalue weighted by Crippen LogP contribution is -2.40. The molecule has 0 spiro atoms. The Morgan fingerprint density at radius 1 is 1.04 bits per heavy atom. The number of nitrogens with zero attached hydrogens (tertiary/aromatic N) is 1. The Morgan fingerprint density at radius 3 is 2.04 bits per heavy atom. The van der Waals surface area contributed by atoms with Crippen LogP contribution in [0.5, 0.6) is 0 Å². The Kier molecular flexibility index (Phi) is 8.43. The van der Waals surface area contributed by atoms with Crippen LogP contribution >= 0.6 is 12.4 Å². The molecule has 0 heterocycles. The van der Waals surface area contributed by atoms with Crippen LogP contribution in [-0.2, 0) is 14.8 Å². The molecule has 0 aromatic heterocycles. The van der Waals surface area contributed by atoms with Crippen molar-refractivity contribution in [3.8, 4) is 0 Å². The first kappa shape index (κ1) is 23.1. The van der Waals surface area contributed by atoms with Gasteiger partial charge in [0.05, 0.1) is 4.90 Å². The number of hydrogen-bond donors (Lipinski definition) is 2. The Bertz CT molecular complexity index is 853. The minimum atomic E-state index is -3.59. The van der Waals surface area contributed by atoms with Gasteiger partial charge in [-0.25, -0.2) is 13.1 Å². The molecule has 1 atom stereocenters. The molecule has 2 aromatic rings. The van der Waals surface area contributed by atoms with E-state index in [-0.39, 0.29) is 36.3 Å². The molecule has 1 unspecified atom stereocenters. The predicted octanol–water partition coefficient (Wildman–Crippen LogP) is 2.16. The molecule has 0 saturated heterocycles. The summed E-state index contributed by atoms with van der Waals surface area (Å²) >= 11 is 0. The fourth-order valence-electron chi connectivity index (χ4n) is 2.41. The number of aryl methyl sites for hydroxylation is 2. The van der Waals surface area contributed by atoms with E-state index in [2.05, 4.69) is 4.72 Å². The Hall–Kier alpha value is -1.93. The summed E-state index contributed by atoms with van der Waals surface area (Å²) < 4.78 is 27.0. The molecule has 0 aliphatic carbocycles. The van der Waals surface area contributed by atoms with Crippen molar-refractivity contribution >= 4 is 28.3 Å². The number of benzene rings is 2. The van der Waals surface area contributed by atoms with E-state index >= 15 is 0 Å². The largest absolute Gasteiger partial charge is 0.343 e. The van der Waals surface area contributed by atoms with Gasteiger partial charge in [0.25, 0.3) is 0 Å². The van der Waals surface area contributed by atoms with Crippen molar-refractivity contribution in [1.82, 2.24) is 9.62 Å². The van der Waals surface area contributed by atoms with Gasteiger partial charge in [-0.3, -0.25) is 4.79 Å². The molecule has 27 heavy (non-hydrogen) atoms. The number of carbonyl (C=O) groups is 1. The third-order valence-electron chi connectivity index (χ3n) is 4.15. The quantitative estimate of drug-likeness (QED) is 0.730. The summed E-state index contributed by atoms with van der Waals surface area (Å²) in [5.41, 5.74) is 8.83. The summed E-state index contributed by atoms with van der Waals surface area (Å²) in [6.07, 6.45) is 0. The summed E-state index contributed by atoms with van der Waals surface area (Å²) in [4.78, 5) is 14.1. The van der Waals surface area contributed by atoms with E-state index in [1.807, 2.05) is 38.1 Å². The van der Waals surface area contributed by atoms with Gasteiger partial charge in [0.15, 0.2) is 0 Å². The van der Waals surface area contributed by atoms with Crippen molar-refractivity contribution in [2.24, 2.45) is 5.73 Å². The van der Waals surface area contributed by atoms with Gasteiger partial charge >= 0.3 is 0 Å². The Morgan fingerprint density at radius 2 is 1.52 bits per heavy atom. The zero-order valence-electron chi connectivity index (χ0n) is 15.7. The number of amides is 1. The van der Waals surface area contributed by atoms with Gasteiger partial charge < -0.3 is 10.6 Å². The van der Waals surface area contributed by atoms with Crippen LogP contribution in [0.3, 0.4) is 0 Å². The number of carbonyl (C=O) groups excluding carboxylic acids is 1. The van der Waals surface area contributed by atoms with Crippen LogP contribution in [0.2, 0.25) is 0 Å². The molecular weight excluding hydrogens is 386 g/mol. The number of hydrogen-bond acceptors (Lipinski definition) is 4. The highest BCUT2D eigenvalue weighted by Gasteiger charge is 2.20. The molecule has 8 heteroatoms. The zero-order valence-corrected chi connectivity index (χ0v) is 17.3. The van der Waals surface area contributed by atoms with Crippen LogP contribution < -0.4 is 10.5 Å². The molecule has 0 aliphatic heterocycles. The van der Waals surface area contributed by atoms with E-state index < -0.39 is 16.1 Å². The van der Waals surface area contributed by atoms with Crippen molar-refractivity contribution in [3.63, 3.8) is 0 Å². The lowest BCUT2D eigenvalue weighted by Gasteiger charge is -2.22. The molecule has 2 aromatic carbocycles. The van der Waals surface area contributed by atoms with E-state index in [1.54, 1.807) is 31.3 Å². The average molecular weight is 412 g/mol. The number of rotatable bonds is 7. The summed E-state index contributed by atoms with van der Waals surface area (Å²) in [5, 5.41) is 0. The third-order valence-corrected chi connectivity index (χ3v) is 5.63. The van der Waals surface area contributed by atoms with Crippen molar-refractivity contribution in [1.29, 1.82) is 0 Å². The molecule has 3 N–H and O–H groups in total. The molecule has 6 nitrogen and oxygen atoms in total. The van der Waals surface area contributed by atoms with Gasteiger partial charge in [-0.05, 0) is 31.5 Å². The second-order valence-corrected chi connectivity index (χ2v) is 8.13. The summed E-state index contributed by atoms with van der Waals surface area (Å²) in [6.45, 7) is 4.19. The summed E-state index contributed by atoms with van der Waals surface area (Å²) in [6, 6.07) is 13.3. The normalized spacial score (nSPS) is 12.1. The van der Waals surface area contributed by atoms with Crippen LogP contribution in [0.4, 0.5) is 0 Å². The van der Waals surface area contributed by atoms with Crippen molar-refractivity contribution in [2.75, 3.05) is 20.1 Å². The molecule has 2 rings (SSSR count). The van der Waals surface area contributed by atoms with Crippen LogP contribution in [0.25, 0.3) is 0 Å². The van der Waals surface area contributed by atoms with Crippen LogP contribution in [0.1, 0.15) is 22.7 Å². The molecule has 148 valence electrons. The molecule has 0 fully saturated rings. The monoisotopic (exact) mass is 411 g/mol. The first-order chi connectivity index (χ1) is 12.2. The van der Waals surface area contributed by atoms with E-state index in [4.69, 9.17) is 5.73 Å².